The van der Waals surface area contributed by atoms with Crippen LogP contribution in [0.3, 0.4) is 0 Å². The van der Waals surface area contributed by atoms with Crippen molar-refractivity contribution in [1.82, 2.24) is 14.8 Å². The first kappa shape index (κ1) is 18.2. The highest BCUT2D eigenvalue weighted by Gasteiger charge is 2.23. The highest BCUT2D eigenvalue weighted by atomic mass is 16.2. The molecular weight excluding hydrogens is 308 g/mol. The van der Waals surface area contributed by atoms with Crippen LogP contribution < -0.4 is 11.1 Å². The maximum Gasteiger partial charge on any atom is 0.250 e. The van der Waals surface area contributed by atoms with Crippen LogP contribution in [-0.2, 0) is 11.3 Å². The number of carbonyl (C=O) groups is 3. The van der Waals surface area contributed by atoms with Gasteiger partial charge in [0, 0.05) is 18.3 Å². The SMILES string of the molecule is Cc1c(C(N)=O)c(C)n(CC(=O)NCCC2CCCN2C)c1C=O. The summed E-state index contributed by atoms with van der Waals surface area (Å²) in [5.41, 5.74) is 7.09. The Labute approximate surface area is 142 Å². The van der Waals surface area contributed by atoms with Gasteiger partial charge in [-0.15, -0.1) is 0 Å². The first-order chi connectivity index (χ1) is 11.4. The molecule has 2 rings (SSSR count). The Bertz CT molecular complexity index is 651. The van der Waals surface area contributed by atoms with Gasteiger partial charge in [0.15, 0.2) is 6.29 Å². The molecule has 1 unspecified atom stereocenters. The molecule has 7 heteroatoms. The molecule has 0 saturated carbocycles. The largest absolute Gasteiger partial charge is 0.366 e. The predicted molar refractivity (Wildman–Crippen MR) is 91.1 cm³/mol. The van der Waals surface area contributed by atoms with Crippen LogP contribution >= 0.6 is 0 Å². The summed E-state index contributed by atoms with van der Waals surface area (Å²) in [6.07, 6.45) is 3.95. The number of aromatic nitrogens is 1. The number of aldehydes is 1. The van der Waals surface area contributed by atoms with Crippen LogP contribution in [0.4, 0.5) is 0 Å². The molecule has 1 aromatic heterocycles. The zero-order valence-electron chi connectivity index (χ0n) is 14.6. The van der Waals surface area contributed by atoms with Crippen LogP contribution in [-0.4, -0.2) is 53.7 Å². The van der Waals surface area contributed by atoms with Gasteiger partial charge in [0.2, 0.25) is 5.91 Å². The molecule has 1 aliphatic rings. The predicted octanol–water partition coefficient (Wildman–Crippen LogP) is 0.617. The van der Waals surface area contributed by atoms with Gasteiger partial charge >= 0.3 is 0 Å². The third-order valence-corrected chi connectivity index (χ3v) is 4.95. The second-order valence-electron chi connectivity index (χ2n) is 6.45. The highest BCUT2D eigenvalue weighted by molar-refractivity contribution is 5.98. The fraction of sp³-hybridized carbons (Fsp3) is 0.588. The molecule has 0 spiro atoms. The van der Waals surface area contributed by atoms with Gasteiger partial charge in [0.05, 0.1) is 11.3 Å². The van der Waals surface area contributed by atoms with Crippen LogP contribution in [0.2, 0.25) is 0 Å². The van der Waals surface area contributed by atoms with E-state index in [1.165, 1.54) is 12.8 Å². The van der Waals surface area contributed by atoms with Gasteiger partial charge < -0.3 is 20.5 Å². The number of primary amides is 1. The normalized spacial score (nSPS) is 17.9. The molecule has 0 aromatic carbocycles. The Morgan fingerprint density at radius 2 is 2.08 bits per heavy atom. The van der Waals surface area contributed by atoms with Crippen LogP contribution in [0.25, 0.3) is 0 Å². The minimum absolute atomic E-state index is 0.00846. The second kappa shape index (κ2) is 7.61. The number of carbonyl (C=O) groups excluding carboxylic acids is 3. The summed E-state index contributed by atoms with van der Waals surface area (Å²) in [5, 5.41) is 2.90. The summed E-state index contributed by atoms with van der Waals surface area (Å²) in [7, 11) is 2.10. The lowest BCUT2D eigenvalue weighted by molar-refractivity contribution is -0.121. The van der Waals surface area contributed by atoms with E-state index < -0.39 is 5.91 Å². The standard InChI is InChI=1S/C17H26N4O3/c1-11-14(10-22)21(12(2)16(11)17(18)24)9-15(23)19-7-6-13-5-4-8-20(13)3/h10,13H,4-9H2,1-3H3,(H2,18,24)(H,19,23). The first-order valence-corrected chi connectivity index (χ1v) is 8.28. The summed E-state index contributed by atoms with van der Waals surface area (Å²) in [6.45, 7) is 5.09. The van der Waals surface area contributed by atoms with Crippen molar-refractivity contribution in [1.29, 1.82) is 0 Å². The van der Waals surface area contributed by atoms with Crippen molar-refractivity contribution in [3.8, 4) is 0 Å². The number of nitrogens with one attached hydrogen (secondary N) is 1. The first-order valence-electron chi connectivity index (χ1n) is 8.28. The molecule has 3 N–H and O–H groups in total. The number of rotatable bonds is 7. The lowest BCUT2D eigenvalue weighted by Crippen LogP contribution is -2.33. The Balaban J connectivity index is 1.99. The van der Waals surface area contributed by atoms with Gasteiger partial charge in [-0.25, -0.2) is 0 Å². The minimum atomic E-state index is -0.587. The smallest absolute Gasteiger partial charge is 0.250 e. The van der Waals surface area contributed by atoms with Crippen LogP contribution in [0, 0.1) is 13.8 Å². The van der Waals surface area contributed by atoms with Crippen LogP contribution in [0.5, 0.6) is 0 Å². The third kappa shape index (κ3) is 3.67. The summed E-state index contributed by atoms with van der Waals surface area (Å²) < 4.78 is 1.56. The number of nitrogens with two attached hydrogens (primary N) is 1. The Hall–Kier alpha value is -2.15. The van der Waals surface area contributed by atoms with E-state index in [0.717, 1.165) is 13.0 Å². The van der Waals surface area contributed by atoms with Crippen molar-refractivity contribution in [2.45, 2.75) is 45.7 Å². The van der Waals surface area contributed by atoms with E-state index in [4.69, 9.17) is 5.73 Å². The molecule has 2 heterocycles. The molecule has 0 aliphatic carbocycles. The molecule has 1 fully saturated rings. The zero-order chi connectivity index (χ0) is 17.9. The number of hydrogen-bond donors (Lipinski definition) is 2. The van der Waals surface area contributed by atoms with Crippen molar-refractivity contribution in [2.75, 3.05) is 20.1 Å². The van der Waals surface area contributed by atoms with Crippen LogP contribution in [0.15, 0.2) is 0 Å². The summed E-state index contributed by atoms with van der Waals surface area (Å²) in [4.78, 5) is 37.4. The molecule has 1 atom stereocenters. The van der Waals surface area contributed by atoms with Crippen molar-refractivity contribution < 1.29 is 14.4 Å². The Morgan fingerprint density at radius 3 is 2.62 bits per heavy atom. The van der Waals surface area contributed by atoms with Gasteiger partial charge in [-0.05, 0) is 52.3 Å². The number of hydrogen-bond acceptors (Lipinski definition) is 4. The highest BCUT2D eigenvalue weighted by Crippen LogP contribution is 2.20. The molecular formula is C17H26N4O3. The average Bonchev–Trinajstić information content (AvgIpc) is 3.01. The van der Waals surface area contributed by atoms with Gasteiger partial charge in [0.1, 0.15) is 6.54 Å². The minimum Gasteiger partial charge on any atom is -0.366 e. The van der Waals surface area contributed by atoms with Gasteiger partial charge in [-0.1, -0.05) is 0 Å². The van der Waals surface area contributed by atoms with Crippen molar-refractivity contribution >= 4 is 18.1 Å². The molecule has 7 nitrogen and oxygen atoms in total. The van der Waals surface area contributed by atoms with E-state index >= 15 is 0 Å². The number of amides is 2. The molecule has 0 bridgehead atoms. The van der Waals surface area contributed by atoms with Crippen molar-refractivity contribution in [3.05, 3.63) is 22.5 Å². The lowest BCUT2D eigenvalue weighted by atomic mass is 10.1. The fourth-order valence-corrected chi connectivity index (χ4v) is 3.56. The maximum atomic E-state index is 12.2. The van der Waals surface area contributed by atoms with E-state index in [1.807, 2.05) is 0 Å². The number of nitrogens with zero attached hydrogens (tertiary/aromatic N) is 2. The third-order valence-electron chi connectivity index (χ3n) is 4.95. The molecule has 1 aromatic rings. The monoisotopic (exact) mass is 334 g/mol. The summed E-state index contributed by atoms with van der Waals surface area (Å²) in [6, 6.07) is 0.521. The fourth-order valence-electron chi connectivity index (χ4n) is 3.56. The van der Waals surface area contributed by atoms with E-state index in [0.29, 0.717) is 41.4 Å². The van der Waals surface area contributed by atoms with Gasteiger partial charge in [-0.2, -0.15) is 0 Å². The molecule has 1 saturated heterocycles. The maximum absolute atomic E-state index is 12.2. The molecule has 2 amide bonds. The second-order valence-corrected chi connectivity index (χ2v) is 6.45. The molecule has 1 aliphatic heterocycles. The van der Waals surface area contributed by atoms with E-state index in [2.05, 4.69) is 17.3 Å². The number of likely N-dealkylation sites (tertiary alicyclic amines) is 1. The van der Waals surface area contributed by atoms with Crippen LogP contribution in [0.1, 0.15) is 51.4 Å². The van der Waals surface area contributed by atoms with Crippen molar-refractivity contribution in [2.24, 2.45) is 5.73 Å². The molecule has 0 radical (unpaired) electrons. The van der Waals surface area contributed by atoms with Gasteiger partial charge in [0.25, 0.3) is 5.91 Å². The van der Waals surface area contributed by atoms with E-state index in [1.54, 1.807) is 18.4 Å². The summed E-state index contributed by atoms with van der Waals surface area (Å²) >= 11 is 0. The van der Waals surface area contributed by atoms with E-state index in [9.17, 15) is 14.4 Å². The van der Waals surface area contributed by atoms with Crippen molar-refractivity contribution in [3.63, 3.8) is 0 Å². The Morgan fingerprint density at radius 1 is 1.38 bits per heavy atom. The lowest BCUT2D eigenvalue weighted by Gasteiger charge is -2.19. The summed E-state index contributed by atoms with van der Waals surface area (Å²) in [5.74, 6) is -0.760. The zero-order valence-corrected chi connectivity index (χ0v) is 14.6. The quantitative estimate of drug-likeness (QED) is 0.714. The van der Waals surface area contributed by atoms with E-state index in [-0.39, 0.29) is 12.5 Å². The molecule has 132 valence electrons. The van der Waals surface area contributed by atoms with Gasteiger partial charge in [-0.3, -0.25) is 14.4 Å². The molecule has 24 heavy (non-hydrogen) atoms. The average molecular weight is 334 g/mol. The Kier molecular flexibility index (Phi) is 5.77. The topological polar surface area (TPSA) is 97.4 Å².